The molecule has 1 aliphatic carbocycles. The first-order valence-corrected chi connectivity index (χ1v) is 5.48. The van der Waals surface area contributed by atoms with Crippen molar-refractivity contribution in [2.45, 2.75) is 51.6 Å². The Labute approximate surface area is 85.5 Å². The number of carboxylic acids is 1. The molecule has 1 aliphatic rings. The molecule has 1 saturated carbocycles. The summed E-state index contributed by atoms with van der Waals surface area (Å²) in [6, 6.07) is 0. The third-order valence-electron chi connectivity index (χ3n) is 3.13. The third kappa shape index (κ3) is 2.47. The maximum Gasteiger partial charge on any atom is 0.335 e. The molecule has 1 fully saturated rings. The average molecular weight is 200 g/mol. The Kier molecular flexibility index (Phi) is 3.93. The number of carboxylic acid groups (broad SMARTS) is 1. The second-order valence-corrected chi connectivity index (χ2v) is 4.27. The SMILES string of the molecule is CCOC1(C(=O)O)CCCC(C)CC1. The monoisotopic (exact) mass is 200 g/mol. The van der Waals surface area contributed by atoms with Crippen molar-refractivity contribution < 1.29 is 14.6 Å². The van der Waals surface area contributed by atoms with Gasteiger partial charge in [0, 0.05) is 6.61 Å². The van der Waals surface area contributed by atoms with Gasteiger partial charge >= 0.3 is 5.97 Å². The summed E-state index contributed by atoms with van der Waals surface area (Å²) in [6.07, 6.45) is 4.39. The number of hydrogen-bond acceptors (Lipinski definition) is 2. The molecule has 14 heavy (non-hydrogen) atoms. The van der Waals surface area contributed by atoms with E-state index in [9.17, 15) is 9.90 Å². The Morgan fingerprint density at radius 1 is 1.50 bits per heavy atom. The van der Waals surface area contributed by atoms with Crippen LogP contribution in [-0.4, -0.2) is 23.3 Å². The summed E-state index contributed by atoms with van der Waals surface area (Å²) in [6.45, 7) is 4.53. The third-order valence-corrected chi connectivity index (χ3v) is 3.13. The normalized spacial score (nSPS) is 33.7. The van der Waals surface area contributed by atoms with E-state index in [1.807, 2.05) is 6.92 Å². The van der Waals surface area contributed by atoms with Crippen LogP contribution in [0.5, 0.6) is 0 Å². The molecule has 0 amide bonds. The van der Waals surface area contributed by atoms with Gasteiger partial charge < -0.3 is 9.84 Å². The van der Waals surface area contributed by atoms with Crippen LogP contribution in [0.3, 0.4) is 0 Å². The molecule has 0 aliphatic heterocycles. The van der Waals surface area contributed by atoms with Gasteiger partial charge in [0.2, 0.25) is 0 Å². The van der Waals surface area contributed by atoms with Crippen LogP contribution in [0.15, 0.2) is 0 Å². The fourth-order valence-corrected chi connectivity index (χ4v) is 2.18. The van der Waals surface area contributed by atoms with E-state index < -0.39 is 11.6 Å². The van der Waals surface area contributed by atoms with E-state index in [2.05, 4.69) is 6.92 Å². The van der Waals surface area contributed by atoms with Gasteiger partial charge in [-0.2, -0.15) is 0 Å². The lowest BCUT2D eigenvalue weighted by atomic mass is 9.93. The topological polar surface area (TPSA) is 46.5 Å². The van der Waals surface area contributed by atoms with Gasteiger partial charge in [-0.3, -0.25) is 0 Å². The standard InChI is InChI=1S/C11H20O3/c1-3-14-11(10(12)13)7-4-5-9(2)6-8-11/h9H,3-8H2,1-2H3,(H,12,13). The molecule has 1 N–H and O–H groups in total. The van der Waals surface area contributed by atoms with Crippen LogP contribution in [0.25, 0.3) is 0 Å². The lowest BCUT2D eigenvalue weighted by molar-refractivity contribution is -0.167. The predicted molar refractivity (Wildman–Crippen MR) is 54.2 cm³/mol. The van der Waals surface area contributed by atoms with E-state index in [0.717, 1.165) is 19.3 Å². The first-order valence-electron chi connectivity index (χ1n) is 5.48. The van der Waals surface area contributed by atoms with Crippen LogP contribution in [0.2, 0.25) is 0 Å². The van der Waals surface area contributed by atoms with Gasteiger partial charge in [0.1, 0.15) is 0 Å². The van der Waals surface area contributed by atoms with E-state index in [4.69, 9.17) is 4.74 Å². The molecule has 0 bridgehead atoms. The smallest absolute Gasteiger partial charge is 0.335 e. The average Bonchev–Trinajstić information content (AvgIpc) is 2.30. The number of hydrogen-bond donors (Lipinski definition) is 1. The maximum atomic E-state index is 11.2. The number of ether oxygens (including phenoxy) is 1. The van der Waals surface area contributed by atoms with Crippen LogP contribution in [0.1, 0.15) is 46.0 Å². The minimum Gasteiger partial charge on any atom is -0.479 e. The van der Waals surface area contributed by atoms with Gasteiger partial charge in [0.25, 0.3) is 0 Å². The molecule has 0 radical (unpaired) electrons. The van der Waals surface area contributed by atoms with Gasteiger partial charge in [-0.25, -0.2) is 4.79 Å². The highest BCUT2D eigenvalue weighted by molar-refractivity contribution is 5.77. The Hall–Kier alpha value is -0.570. The Morgan fingerprint density at radius 3 is 2.79 bits per heavy atom. The number of aliphatic carboxylic acids is 1. The molecular weight excluding hydrogens is 180 g/mol. The van der Waals surface area contributed by atoms with Crippen molar-refractivity contribution >= 4 is 5.97 Å². The molecule has 2 atom stereocenters. The van der Waals surface area contributed by atoms with Crippen LogP contribution in [-0.2, 0) is 9.53 Å². The lowest BCUT2D eigenvalue weighted by Crippen LogP contribution is -2.41. The molecule has 2 unspecified atom stereocenters. The second-order valence-electron chi connectivity index (χ2n) is 4.27. The highest BCUT2D eigenvalue weighted by Crippen LogP contribution is 2.33. The minimum absolute atomic E-state index is 0.487. The number of carbonyl (C=O) groups is 1. The van der Waals surface area contributed by atoms with Crippen molar-refractivity contribution in [3.63, 3.8) is 0 Å². The van der Waals surface area contributed by atoms with Crippen molar-refractivity contribution in [1.29, 1.82) is 0 Å². The zero-order chi connectivity index (χ0) is 10.6. The highest BCUT2D eigenvalue weighted by atomic mass is 16.5. The molecule has 0 aromatic carbocycles. The molecule has 3 nitrogen and oxygen atoms in total. The molecule has 1 rings (SSSR count). The van der Waals surface area contributed by atoms with Gasteiger partial charge in [-0.05, 0) is 38.5 Å². The first-order chi connectivity index (χ1) is 6.60. The van der Waals surface area contributed by atoms with Crippen LogP contribution < -0.4 is 0 Å². The van der Waals surface area contributed by atoms with Crippen LogP contribution in [0, 0.1) is 5.92 Å². The van der Waals surface area contributed by atoms with Crippen molar-refractivity contribution in [3.05, 3.63) is 0 Å². The highest BCUT2D eigenvalue weighted by Gasteiger charge is 2.40. The molecule has 3 heteroatoms. The fraction of sp³-hybridized carbons (Fsp3) is 0.909. The zero-order valence-corrected chi connectivity index (χ0v) is 9.08. The lowest BCUT2D eigenvalue weighted by Gasteiger charge is -2.27. The minimum atomic E-state index is -0.889. The van der Waals surface area contributed by atoms with Gasteiger partial charge in [0.05, 0.1) is 0 Å². The van der Waals surface area contributed by atoms with Crippen molar-refractivity contribution in [2.75, 3.05) is 6.61 Å². The van der Waals surface area contributed by atoms with Crippen molar-refractivity contribution in [2.24, 2.45) is 5.92 Å². The predicted octanol–water partition coefficient (Wildman–Crippen LogP) is 2.45. The molecule has 0 spiro atoms. The Morgan fingerprint density at radius 2 is 2.21 bits per heavy atom. The summed E-state index contributed by atoms with van der Waals surface area (Å²) in [7, 11) is 0. The van der Waals surface area contributed by atoms with Gasteiger partial charge in [0.15, 0.2) is 5.60 Å². The second kappa shape index (κ2) is 4.78. The molecular formula is C11H20O3. The molecule has 82 valence electrons. The summed E-state index contributed by atoms with van der Waals surface area (Å²) in [4.78, 5) is 11.2. The van der Waals surface area contributed by atoms with Crippen LogP contribution in [0.4, 0.5) is 0 Å². The van der Waals surface area contributed by atoms with E-state index in [-0.39, 0.29) is 0 Å². The quantitative estimate of drug-likeness (QED) is 0.712. The molecule has 0 aromatic rings. The van der Waals surface area contributed by atoms with Gasteiger partial charge in [-0.1, -0.05) is 13.3 Å². The molecule has 0 heterocycles. The largest absolute Gasteiger partial charge is 0.479 e. The summed E-state index contributed by atoms with van der Waals surface area (Å²) in [5, 5.41) is 9.21. The van der Waals surface area contributed by atoms with Crippen molar-refractivity contribution in [1.82, 2.24) is 0 Å². The molecule has 0 aromatic heterocycles. The van der Waals surface area contributed by atoms with E-state index >= 15 is 0 Å². The summed E-state index contributed by atoms with van der Waals surface area (Å²) in [5.74, 6) is -0.148. The van der Waals surface area contributed by atoms with Crippen molar-refractivity contribution in [3.8, 4) is 0 Å². The fourth-order valence-electron chi connectivity index (χ4n) is 2.18. The number of rotatable bonds is 3. The van der Waals surface area contributed by atoms with Crippen LogP contribution >= 0.6 is 0 Å². The molecule has 0 saturated heterocycles. The van der Waals surface area contributed by atoms with Gasteiger partial charge in [-0.15, -0.1) is 0 Å². The first kappa shape index (κ1) is 11.5. The van der Waals surface area contributed by atoms with E-state index in [1.54, 1.807) is 0 Å². The zero-order valence-electron chi connectivity index (χ0n) is 9.08. The Balaban J connectivity index is 2.70. The summed E-state index contributed by atoms with van der Waals surface area (Å²) >= 11 is 0. The summed E-state index contributed by atoms with van der Waals surface area (Å²) < 4.78 is 5.46. The van der Waals surface area contributed by atoms with E-state index in [1.165, 1.54) is 0 Å². The Bertz CT molecular complexity index is 203. The van der Waals surface area contributed by atoms with E-state index in [0.29, 0.717) is 25.4 Å². The summed E-state index contributed by atoms with van der Waals surface area (Å²) in [5.41, 5.74) is -0.889. The maximum absolute atomic E-state index is 11.2.